The molecule has 1 aliphatic carbocycles. The van der Waals surface area contributed by atoms with Gasteiger partial charge in [0.1, 0.15) is 12.4 Å². The van der Waals surface area contributed by atoms with Crippen LogP contribution in [0.2, 0.25) is 0 Å². The molecule has 0 radical (unpaired) electrons. The van der Waals surface area contributed by atoms with Crippen LogP contribution in [-0.2, 0) is 11.3 Å². The van der Waals surface area contributed by atoms with E-state index in [2.05, 4.69) is 15.6 Å². The van der Waals surface area contributed by atoms with Crippen LogP contribution in [0.5, 0.6) is 0 Å². The van der Waals surface area contributed by atoms with E-state index in [1.54, 1.807) is 0 Å². The van der Waals surface area contributed by atoms with Gasteiger partial charge in [0.2, 0.25) is 5.91 Å². The van der Waals surface area contributed by atoms with Crippen molar-refractivity contribution in [2.45, 2.75) is 44.2 Å². The molecule has 3 aromatic rings. The van der Waals surface area contributed by atoms with Crippen molar-refractivity contribution in [3.05, 3.63) is 60.2 Å². The van der Waals surface area contributed by atoms with E-state index in [1.807, 2.05) is 47.6 Å². The first-order chi connectivity index (χ1) is 12.8. The summed E-state index contributed by atoms with van der Waals surface area (Å²) in [5, 5.41) is 0. The molecule has 2 aromatic heterocycles. The molecule has 1 saturated carbocycles. The first-order valence-corrected chi connectivity index (χ1v) is 9.46. The van der Waals surface area contributed by atoms with E-state index in [0.29, 0.717) is 12.5 Å². The molecular weight excluding hydrogens is 324 g/mol. The van der Waals surface area contributed by atoms with Crippen LogP contribution in [-0.4, -0.2) is 31.9 Å². The minimum absolute atomic E-state index is 0.171. The van der Waals surface area contributed by atoms with E-state index in [1.165, 1.54) is 18.4 Å². The molecule has 3 heterocycles. The van der Waals surface area contributed by atoms with Crippen LogP contribution in [0.4, 0.5) is 0 Å². The highest BCUT2D eigenvalue weighted by Crippen LogP contribution is 2.41. The standard InChI is InChI=1S/C21H22N4O/c26-20(24-13-3-6-18(24)15-9-11-22-12-10-15)14-25-19-5-2-1-4-17(19)23-21(25)16-7-8-16/h1-2,4-5,9-12,16,18H,3,6-8,13-14H2. The van der Waals surface area contributed by atoms with Crippen LogP contribution in [0.1, 0.15) is 49.0 Å². The van der Waals surface area contributed by atoms with Crippen molar-refractivity contribution in [2.75, 3.05) is 6.54 Å². The number of amides is 1. The summed E-state index contributed by atoms with van der Waals surface area (Å²) >= 11 is 0. The van der Waals surface area contributed by atoms with E-state index in [0.717, 1.165) is 36.2 Å². The largest absolute Gasteiger partial charge is 0.334 e. The summed E-state index contributed by atoms with van der Waals surface area (Å²) in [5.41, 5.74) is 3.25. The fraction of sp³-hybridized carbons (Fsp3) is 0.381. The van der Waals surface area contributed by atoms with Crippen molar-refractivity contribution in [2.24, 2.45) is 0 Å². The number of likely N-dealkylation sites (tertiary alicyclic amines) is 1. The van der Waals surface area contributed by atoms with Crippen LogP contribution in [0.15, 0.2) is 48.8 Å². The zero-order chi connectivity index (χ0) is 17.5. The smallest absolute Gasteiger partial charge is 0.243 e. The Bertz CT molecular complexity index is 945. The van der Waals surface area contributed by atoms with Crippen LogP contribution in [0.3, 0.4) is 0 Å². The van der Waals surface area contributed by atoms with Gasteiger partial charge in [0.25, 0.3) is 0 Å². The molecule has 1 aromatic carbocycles. The molecule has 5 rings (SSSR count). The molecule has 2 aliphatic rings. The van der Waals surface area contributed by atoms with Crippen LogP contribution < -0.4 is 0 Å². The number of carbonyl (C=O) groups is 1. The quantitative estimate of drug-likeness (QED) is 0.724. The van der Waals surface area contributed by atoms with Crippen molar-refractivity contribution < 1.29 is 4.79 Å². The number of benzene rings is 1. The molecule has 132 valence electrons. The third-order valence-electron chi connectivity index (χ3n) is 5.58. The topological polar surface area (TPSA) is 51.0 Å². The molecule has 0 spiro atoms. The number of carbonyl (C=O) groups excluding carboxylic acids is 1. The van der Waals surface area contributed by atoms with Crippen molar-refractivity contribution in [3.63, 3.8) is 0 Å². The molecule has 5 heteroatoms. The average molecular weight is 346 g/mol. The fourth-order valence-electron chi connectivity index (χ4n) is 4.14. The monoisotopic (exact) mass is 346 g/mol. The van der Waals surface area contributed by atoms with Gasteiger partial charge < -0.3 is 9.47 Å². The zero-order valence-electron chi connectivity index (χ0n) is 14.7. The summed E-state index contributed by atoms with van der Waals surface area (Å²) in [4.78, 5) is 24.2. The molecule has 5 nitrogen and oxygen atoms in total. The normalized spacial score (nSPS) is 20.0. The lowest BCUT2D eigenvalue weighted by molar-refractivity contribution is -0.132. The number of para-hydroxylation sites is 2. The maximum absolute atomic E-state index is 13.2. The lowest BCUT2D eigenvalue weighted by Gasteiger charge is -2.25. The van der Waals surface area contributed by atoms with Gasteiger partial charge in [-0.25, -0.2) is 4.98 Å². The van der Waals surface area contributed by atoms with Gasteiger partial charge in [0.15, 0.2) is 0 Å². The summed E-state index contributed by atoms with van der Waals surface area (Å²) < 4.78 is 2.15. The summed E-state index contributed by atoms with van der Waals surface area (Å²) in [7, 11) is 0. The van der Waals surface area contributed by atoms with Crippen LogP contribution >= 0.6 is 0 Å². The molecule has 0 bridgehead atoms. The van der Waals surface area contributed by atoms with E-state index in [9.17, 15) is 4.79 Å². The highest BCUT2D eigenvalue weighted by molar-refractivity contribution is 5.81. The number of aromatic nitrogens is 3. The van der Waals surface area contributed by atoms with Gasteiger partial charge in [0.05, 0.1) is 17.1 Å². The molecule has 26 heavy (non-hydrogen) atoms. The Hall–Kier alpha value is -2.69. The summed E-state index contributed by atoms with van der Waals surface area (Å²) in [5.74, 6) is 1.79. The van der Waals surface area contributed by atoms with E-state index in [4.69, 9.17) is 4.98 Å². The second-order valence-electron chi connectivity index (χ2n) is 7.34. The maximum atomic E-state index is 13.2. The van der Waals surface area contributed by atoms with Gasteiger partial charge in [0, 0.05) is 24.9 Å². The molecule has 1 amide bonds. The Morgan fingerprint density at radius 2 is 1.88 bits per heavy atom. The predicted octanol–water partition coefficient (Wildman–Crippen LogP) is 3.67. The lowest BCUT2D eigenvalue weighted by Crippen LogP contribution is -2.33. The molecule has 1 aliphatic heterocycles. The number of hydrogen-bond donors (Lipinski definition) is 0. The number of fused-ring (bicyclic) bond motifs is 1. The Labute approximate surface area is 152 Å². The summed E-state index contributed by atoms with van der Waals surface area (Å²) in [6.45, 7) is 1.21. The first-order valence-electron chi connectivity index (χ1n) is 9.46. The number of hydrogen-bond acceptors (Lipinski definition) is 3. The molecule has 1 atom stereocenters. The fourth-order valence-corrected chi connectivity index (χ4v) is 4.14. The van der Waals surface area contributed by atoms with Crippen LogP contribution in [0, 0.1) is 0 Å². The molecular formula is C21H22N4O. The highest BCUT2D eigenvalue weighted by Gasteiger charge is 2.33. The van der Waals surface area contributed by atoms with E-state index < -0.39 is 0 Å². The third kappa shape index (κ3) is 2.68. The van der Waals surface area contributed by atoms with Gasteiger partial charge in [-0.15, -0.1) is 0 Å². The van der Waals surface area contributed by atoms with Gasteiger partial charge in [-0.2, -0.15) is 0 Å². The molecule has 2 fully saturated rings. The van der Waals surface area contributed by atoms with Gasteiger partial charge in [-0.3, -0.25) is 9.78 Å². The number of nitrogens with zero attached hydrogens (tertiary/aromatic N) is 4. The maximum Gasteiger partial charge on any atom is 0.243 e. The third-order valence-corrected chi connectivity index (χ3v) is 5.58. The summed E-state index contributed by atoms with van der Waals surface area (Å²) in [6, 6.07) is 12.4. The number of imidazole rings is 1. The molecule has 1 saturated heterocycles. The Kier molecular flexibility index (Phi) is 3.73. The second-order valence-corrected chi connectivity index (χ2v) is 7.34. The van der Waals surface area contributed by atoms with Crippen molar-refractivity contribution >= 4 is 16.9 Å². The van der Waals surface area contributed by atoms with Crippen molar-refractivity contribution in [1.82, 2.24) is 19.4 Å². The SMILES string of the molecule is O=C(Cn1c(C2CC2)nc2ccccc21)N1CCCC1c1ccncc1. The minimum Gasteiger partial charge on any atom is -0.334 e. The Morgan fingerprint density at radius 3 is 2.69 bits per heavy atom. The second kappa shape index (κ2) is 6.24. The van der Waals surface area contributed by atoms with Gasteiger partial charge in [-0.1, -0.05) is 12.1 Å². The summed E-state index contributed by atoms with van der Waals surface area (Å²) in [6.07, 6.45) is 8.06. The van der Waals surface area contributed by atoms with E-state index >= 15 is 0 Å². The van der Waals surface area contributed by atoms with Crippen LogP contribution in [0.25, 0.3) is 11.0 Å². The van der Waals surface area contributed by atoms with Crippen molar-refractivity contribution in [1.29, 1.82) is 0 Å². The number of pyridine rings is 1. The van der Waals surface area contributed by atoms with Gasteiger partial charge >= 0.3 is 0 Å². The highest BCUT2D eigenvalue weighted by atomic mass is 16.2. The molecule has 1 unspecified atom stereocenters. The van der Waals surface area contributed by atoms with E-state index in [-0.39, 0.29) is 11.9 Å². The first kappa shape index (κ1) is 15.6. The minimum atomic E-state index is 0.171. The zero-order valence-corrected chi connectivity index (χ0v) is 14.7. The van der Waals surface area contributed by atoms with Crippen molar-refractivity contribution in [3.8, 4) is 0 Å². The average Bonchev–Trinajstić information content (AvgIpc) is 3.29. The number of rotatable bonds is 4. The molecule has 0 N–H and O–H groups in total. The Morgan fingerprint density at radius 1 is 1.08 bits per heavy atom. The lowest BCUT2D eigenvalue weighted by atomic mass is 10.1. The van der Waals surface area contributed by atoms with Gasteiger partial charge in [-0.05, 0) is 55.5 Å². The predicted molar refractivity (Wildman–Crippen MR) is 99.6 cm³/mol. The Balaban J connectivity index is 1.45.